The molecule has 1 fully saturated rings. The van der Waals surface area contributed by atoms with E-state index in [-0.39, 0.29) is 0 Å². The summed E-state index contributed by atoms with van der Waals surface area (Å²) in [6, 6.07) is 0.458. The van der Waals surface area contributed by atoms with E-state index in [4.69, 9.17) is 0 Å². The summed E-state index contributed by atoms with van der Waals surface area (Å²) in [7, 11) is -1.48. The molecule has 1 aliphatic carbocycles. The number of guanidine groups is 1. The Labute approximate surface area is 135 Å². The first kappa shape index (κ1) is 19.2. The van der Waals surface area contributed by atoms with Gasteiger partial charge in [-0.1, -0.05) is 13.3 Å². The minimum absolute atomic E-state index is 0.458. The predicted octanol–water partition coefficient (Wildman–Crippen LogP) is 1.45. The molecular weight excluding hydrogens is 300 g/mol. The summed E-state index contributed by atoms with van der Waals surface area (Å²) in [5, 5.41) is 6.66. The zero-order valence-corrected chi connectivity index (χ0v) is 15.4. The lowest BCUT2D eigenvalue weighted by molar-refractivity contribution is 0.303. The summed E-state index contributed by atoms with van der Waals surface area (Å²) in [5.74, 6) is 1.61. The summed E-state index contributed by atoms with van der Waals surface area (Å²) in [6.07, 6.45) is 7.33. The molecule has 1 aliphatic rings. The second kappa shape index (κ2) is 8.15. The van der Waals surface area contributed by atoms with Crippen molar-refractivity contribution in [1.29, 1.82) is 0 Å². The van der Waals surface area contributed by atoms with Gasteiger partial charge in [0.25, 0.3) is 0 Å². The van der Waals surface area contributed by atoms with Crippen molar-refractivity contribution >= 4 is 16.0 Å². The number of aliphatic imine (C=N–C) groups is 1. The van der Waals surface area contributed by atoms with Crippen molar-refractivity contribution in [2.45, 2.75) is 64.5 Å². The van der Waals surface area contributed by atoms with E-state index in [1.54, 1.807) is 7.05 Å². The Morgan fingerprint density at radius 3 is 2.27 bits per heavy atom. The lowest BCUT2D eigenvalue weighted by Crippen LogP contribution is -2.54. The van der Waals surface area contributed by atoms with Crippen molar-refractivity contribution in [3.63, 3.8) is 0 Å². The first-order chi connectivity index (χ1) is 10.1. The molecule has 22 heavy (non-hydrogen) atoms. The lowest BCUT2D eigenvalue weighted by Gasteiger charge is -2.31. The van der Waals surface area contributed by atoms with Gasteiger partial charge >= 0.3 is 0 Å². The summed E-state index contributed by atoms with van der Waals surface area (Å²) < 4.78 is 25.3. The molecule has 0 bridgehead atoms. The average Bonchev–Trinajstić information content (AvgIpc) is 2.41. The van der Waals surface area contributed by atoms with Crippen LogP contribution in [-0.4, -0.2) is 45.8 Å². The SMILES string of the molecule is CCC1CCC(NC(=NC)NCC(C)(C)NS(C)(=O)=O)CC1. The Balaban J connectivity index is 2.43. The maximum atomic E-state index is 11.4. The molecule has 1 rings (SSSR count). The fourth-order valence-corrected chi connectivity index (χ4v) is 4.02. The van der Waals surface area contributed by atoms with Crippen molar-refractivity contribution in [3.05, 3.63) is 0 Å². The van der Waals surface area contributed by atoms with Crippen LogP contribution in [0.1, 0.15) is 52.9 Å². The number of hydrogen-bond acceptors (Lipinski definition) is 3. The Hall–Kier alpha value is -0.820. The number of hydrogen-bond donors (Lipinski definition) is 3. The van der Waals surface area contributed by atoms with Gasteiger partial charge in [0.1, 0.15) is 0 Å². The maximum Gasteiger partial charge on any atom is 0.209 e. The van der Waals surface area contributed by atoms with E-state index < -0.39 is 15.6 Å². The second-order valence-electron chi connectivity index (χ2n) is 6.95. The summed E-state index contributed by atoms with van der Waals surface area (Å²) in [5.41, 5.74) is -0.564. The highest BCUT2D eigenvalue weighted by Gasteiger charge is 2.24. The van der Waals surface area contributed by atoms with Crippen LogP contribution in [0.3, 0.4) is 0 Å². The van der Waals surface area contributed by atoms with E-state index in [0.717, 1.165) is 11.9 Å². The van der Waals surface area contributed by atoms with Crippen molar-refractivity contribution in [1.82, 2.24) is 15.4 Å². The third-order valence-electron chi connectivity index (χ3n) is 4.15. The number of nitrogens with zero attached hydrogens (tertiary/aromatic N) is 1. The summed E-state index contributed by atoms with van der Waals surface area (Å²) in [6.45, 7) is 6.43. The zero-order valence-electron chi connectivity index (χ0n) is 14.6. The molecule has 3 N–H and O–H groups in total. The van der Waals surface area contributed by atoms with Gasteiger partial charge in [-0.25, -0.2) is 13.1 Å². The number of rotatable bonds is 6. The normalized spacial score (nSPS) is 24.1. The van der Waals surface area contributed by atoms with Crippen LogP contribution in [0.15, 0.2) is 4.99 Å². The van der Waals surface area contributed by atoms with Gasteiger partial charge in [0.2, 0.25) is 10.0 Å². The minimum Gasteiger partial charge on any atom is -0.355 e. The van der Waals surface area contributed by atoms with Gasteiger partial charge in [0, 0.05) is 25.2 Å². The number of sulfonamides is 1. The molecule has 0 spiro atoms. The van der Waals surface area contributed by atoms with Crippen molar-refractivity contribution in [3.8, 4) is 0 Å². The molecule has 0 atom stereocenters. The molecule has 130 valence electrons. The van der Waals surface area contributed by atoms with E-state index >= 15 is 0 Å². The molecule has 0 radical (unpaired) electrons. The van der Waals surface area contributed by atoms with Crippen LogP contribution >= 0.6 is 0 Å². The van der Waals surface area contributed by atoms with Crippen LogP contribution in [0.5, 0.6) is 0 Å². The van der Waals surface area contributed by atoms with Crippen LogP contribution in [0.4, 0.5) is 0 Å². The Bertz CT molecular complexity index is 466. The fourth-order valence-electron chi connectivity index (χ4n) is 2.95. The van der Waals surface area contributed by atoms with E-state index in [2.05, 4.69) is 27.3 Å². The topological polar surface area (TPSA) is 82.6 Å². The molecular formula is C15H32N4O2S. The van der Waals surface area contributed by atoms with Crippen LogP contribution in [0.25, 0.3) is 0 Å². The highest BCUT2D eigenvalue weighted by Crippen LogP contribution is 2.26. The first-order valence-electron chi connectivity index (χ1n) is 8.11. The highest BCUT2D eigenvalue weighted by molar-refractivity contribution is 7.88. The maximum absolute atomic E-state index is 11.4. The molecule has 7 heteroatoms. The van der Waals surface area contributed by atoms with E-state index in [9.17, 15) is 8.42 Å². The molecule has 6 nitrogen and oxygen atoms in total. The Morgan fingerprint density at radius 2 is 1.82 bits per heavy atom. The molecule has 0 aliphatic heterocycles. The van der Waals surface area contributed by atoms with Gasteiger partial charge in [0.15, 0.2) is 5.96 Å². The van der Waals surface area contributed by atoms with E-state index in [1.807, 2.05) is 13.8 Å². The standard InChI is InChI=1S/C15H32N4O2S/c1-6-12-7-9-13(10-8-12)18-14(16-4)17-11-15(2,3)19-22(5,20)21/h12-13,19H,6-11H2,1-5H3,(H2,16,17,18). The van der Waals surface area contributed by atoms with Gasteiger partial charge in [-0.2, -0.15) is 0 Å². The van der Waals surface area contributed by atoms with Gasteiger partial charge in [-0.3, -0.25) is 4.99 Å². The first-order valence-corrected chi connectivity index (χ1v) is 10.0. The fraction of sp³-hybridized carbons (Fsp3) is 0.933. The molecule has 0 aromatic rings. The third kappa shape index (κ3) is 7.45. The zero-order chi connectivity index (χ0) is 16.8. The second-order valence-corrected chi connectivity index (χ2v) is 8.70. The Morgan fingerprint density at radius 1 is 1.23 bits per heavy atom. The van der Waals surface area contributed by atoms with Crippen molar-refractivity contribution < 1.29 is 8.42 Å². The lowest BCUT2D eigenvalue weighted by atomic mass is 9.84. The minimum atomic E-state index is -3.22. The van der Waals surface area contributed by atoms with Gasteiger partial charge in [0.05, 0.1) is 6.26 Å². The smallest absolute Gasteiger partial charge is 0.209 e. The van der Waals surface area contributed by atoms with Crippen molar-refractivity contribution in [2.24, 2.45) is 10.9 Å². The largest absolute Gasteiger partial charge is 0.355 e. The molecule has 1 saturated carbocycles. The quantitative estimate of drug-likeness (QED) is 0.508. The van der Waals surface area contributed by atoms with Crippen LogP contribution in [0.2, 0.25) is 0 Å². The Kier molecular flexibility index (Phi) is 7.12. The van der Waals surface area contributed by atoms with Crippen LogP contribution in [-0.2, 0) is 10.0 Å². The predicted molar refractivity (Wildman–Crippen MR) is 92.6 cm³/mol. The molecule has 0 heterocycles. The van der Waals surface area contributed by atoms with Gasteiger partial charge < -0.3 is 10.6 Å². The number of nitrogens with one attached hydrogen (secondary N) is 3. The highest BCUT2D eigenvalue weighted by atomic mass is 32.2. The van der Waals surface area contributed by atoms with Crippen molar-refractivity contribution in [2.75, 3.05) is 19.8 Å². The molecule has 0 aromatic heterocycles. The van der Waals surface area contributed by atoms with E-state index in [0.29, 0.717) is 12.6 Å². The molecule has 0 unspecified atom stereocenters. The molecule has 0 saturated heterocycles. The van der Waals surface area contributed by atoms with Crippen LogP contribution < -0.4 is 15.4 Å². The van der Waals surface area contributed by atoms with E-state index in [1.165, 1.54) is 38.4 Å². The third-order valence-corrected chi connectivity index (χ3v) is 5.07. The van der Waals surface area contributed by atoms with Gasteiger partial charge in [-0.05, 0) is 45.4 Å². The van der Waals surface area contributed by atoms with Crippen LogP contribution in [0, 0.1) is 5.92 Å². The average molecular weight is 333 g/mol. The van der Waals surface area contributed by atoms with Gasteiger partial charge in [-0.15, -0.1) is 0 Å². The summed E-state index contributed by atoms with van der Waals surface area (Å²) in [4.78, 5) is 4.24. The molecule has 0 amide bonds. The monoisotopic (exact) mass is 332 g/mol. The summed E-state index contributed by atoms with van der Waals surface area (Å²) >= 11 is 0. The molecule has 0 aromatic carbocycles.